The van der Waals surface area contributed by atoms with Gasteiger partial charge >= 0.3 is 6.18 Å². The van der Waals surface area contributed by atoms with Crippen LogP contribution in [0, 0.1) is 5.92 Å². The summed E-state index contributed by atoms with van der Waals surface area (Å²) in [6, 6.07) is 0. The van der Waals surface area contributed by atoms with E-state index in [1.165, 1.54) is 18.9 Å². The van der Waals surface area contributed by atoms with E-state index < -0.39 is 18.2 Å². The zero-order chi connectivity index (χ0) is 19.3. The van der Waals surface area contributed by atoms with Crippen LogP contribution in [0.15, 0.2) is 34.1 Å². The Hall–Kier alpha value is 0.210. The molecule has 1 heterocycles. The first-order valence-corrected chi connectivity index (χ1v) is 11.0. The maximum atomic E-state index is 12.8. The van der Waals surface area contributed by atoms with Crippen molar-refractivity contribution in [1.29, 1.82) is 0 Å². The van der Waals surface area contributed by atoms with Crippen LogP contribution in [-0.2, 0) is 0 Å². The Balaban J connectivity index is 1.74. The maximum absolute atomic E-state index is 12.8. The fraction of sp³-hybridized carbons (Fsp3) is 0.647. The van der Waals surface area contributed by atoms with Crippen molar-refractivity contribution >= 4 is 46.9 Å². The lowest BCUT2D eigenvalue weighted by Gasteiger charge is -2.24. The highest BCUT2D eigenvalue weighted by Crippen LogP contribution is 2.45. The number of rotatable bonds is 8. The Labute approximate surface area is 170 Å². The molecule has 0 radical (unpaired) electrons. The average Bonchev–Trinajstić information content (AvgIpc) is 2.92. The predicted molar refractivity (Wildman–Crippen MR) is 107 cm³/mol. The maximum Gasteiger partial charge on any atom is 0.394 e. The fourth-order valence-corrected chi connectivity index (χ4v) is 5.82. The Morgan fingerprint density at radius 2 is 2.15 bits per heavy atom. The lowest BCUT2D eigenvalue weighted by Crippen LogP contribution is -2.35. The van der Waals surface area contributed by atoms with Crippen LogP contribution in [0.3, 0.4) is 0 Å². The molecule has 1 aliphatic carbocycles. The van der Waals surface area contributed by atoms with Crippen molar-refractivity contribution in [3.63, 3.8) is 0 Å². The van der Waals surface area contributed by atoms with Gasteiger partial charge in [-0.3, -0.25) is 4.72 Å². The van der Waals surface area contributed by atoms with E-state index in [1.807, 2.05) is 18.2 Å². The summed E-state index contributed by atoms with van der Waals surface area (Å²) in [6.45, 7) is 1.72. The number of halogens is 5. The van der Waals surface area contributed by atoms with Crippen molar-refractivity contribution in [2.45, 2.75) is 54.5 Å². The Morgan fingerprint density at radius 1 is 1.42 bits per heavy atom. The SMILES string of the molecule is CCC(C(O)CCNSC1=CC(Cl)C(C2=CCC(Cl)C=C2)S1)C(F)(F)F. The Morgan fingerprint density at radius 3 is 2.73 bits per heavy atom. The second-order valence-electron chi connectivity index (χ2n) is 6.19. The molecule has 26 heavy (non-hydrogen) atoms. The normalized spacial score (nSPS) is 28.7. The second kappa shape index (κ2) is 10.1. The summed E-state index contributed by atoms with van der Waals surface area (Å²) in [5.74, 6) is -1.68. The van der Waals surface area contributed by atoms with Crippen LogP contribution in [-0.4, -0.2) is 39.9 Å². The van der Waals surface area contributed by atoms with Gasteiger partial charge in [0.1, 0.15) is 0 Å². The molecule has 2 N–H and O–H groups in total. The number of hydrogen-bond donors (Lipinski definition) is 2. The van der Waals surface area contributed by atoms with Crippen molar-refractivity contribution in [2.24, 2.45) is 5.92 Å². The van der Waals surface area contributed by atoms with Crippen LogP contribution in [0.2, 0.25) is 0 Å². The number of nitrogens with one attached hydrogen (secondary N) is 1. The summed E-state index contributed by atoms with van der Waals surface area (Å²) in [5, 5.41) is 9.77. The highest BCUT2D eigenvalue weighted by atomic mass is 35.5. The monoisotopic (exact) mass is 447 g/mol. The number of aliphatic hydroxyl groups is 1. The third kappa shape index (κ3) is 6.38. The van der Waals surface area contributed by atoms with Crippen molar-refractivity contribution in [3.05, 3.63) is 34.1 Å². The first-order valence-electron chi connectivity index (χ1n) is 8.41. The number of hydrogen-bond acceptors (Lipinski definition) is 4. The minimum absolute atomic E-state index is 0.0254. The molecule has 148 valence electrons. The van der Waals surface area contributed by atoms with Crippen molar-refractivity contribution in [2.75, 3.05) is 6.54 Å². The molecule has 2 nitrogen and oxygen atoms in total. The van der Waals surface area contributed by atoms with Gasteiger partial charge in [-0.2, -0.15) is 13.2 Å². The van der Waals surface area contributed by atoms with E-state index in [2.05, 4.69) is 10.8 Å². The molecule has 0 fully saturated rings. The number of alkyl halides is 5. The van der Waals surface area contributed by atoms with Crippen molar-refractivity contribution in [3.8, 4) is 0 Å². The van der Waals surface area contributed by atoms with Crippen LogP contribution >= 0.6 is 46.9 Å². The van der Waals surface area contributed by atoms with Crippen LogP contribution in [0.4, 0.5) is 13.2 Å². The summed E-state index contributed by atoms with van der Waals surface area (Å²) in [6.07, 6.45) is 2.93. The summed E-state index contributed by atoms with van der Waals surface area (Å²) in [7, 11) is 0. The van der Waals surface area contributed by atoms with Gasteiger partial charge in [-0.25, -0.2) is 0 Å². The molecule has 0 spiro atoms. The molecule has 0 bridgehead atoms. The molecular formula is C17H22Cl2F3NOS2. The highest BCUT2D eigenvalue weighted by Gasteiger charge is 2.42. The summed E-state index contributed by atoms with van der Waals surface area (Å²) >= 11 is 15.4. The molecule has 0 aromatic heterocycles. The van der Waals surface area contributed by atoms with Crippen molar-refractivity contribution < 1.29 is 18.3 Å². The van der Waals surface area contributed by atoms with Crippen LogP contribution < -0.4 is 4.72 Å². The quantitative estimate of drug-likeness (QED) is 0.287. The van der Waals surface area contributed by atoms with E-state index in [9.17, 15) is 18.3 Å². The van der Waals surface area contributed by atoms with Gasteiger partial charge < -0.3 is 5.11 Å². The Bertz CT molecular complexity index is 569. The summed E-state index contributed by atoms with van der Waals surface area (Å²) in [4.78, 5) is 0. The number of aliphatic hydroxyl groups excluding tert-OH is 1. The van der Waals surface area contributed by atoms with E-state index >= 15 is 0 Å². The van der Waals surface area contributed by atoms with Gasteiger partial charge in [0, 0.05) is 6.54 Å². The van der Waals surface area contributed by atoms with Crippen LogP contribution in [0.5, 0.6) is 0 Å². The molecule has 9 heteroatoms. The van der Waals surface area contributed by atoms with Crippen molar-refractivity contribution in [1.82, 2.24) is 4.72 Å². The third-order valence-corrected chi connectivity index (χ3v) is 7.54. The molecule has 5 unspecified atom stereocenters. The first-order chi connectivity index (χ1) is 12.2. The van der Waals surface area contributed by atoms with E-state index in [-0.39, 0.29) is 35.4 Å². The van der Waals surface area contributed by atoms with Gasteiger partial charge in [0.2, 0.25) is 0 Å². The van der Waals surface area contributed by atoms with E-state index in [4.69, 9.17) is 23.2 Å². The third-order valence-electron chi connectivity index (χ3n) is 4.27. The summed E-state index contributed by atoms with van der Waals surface area (Å²) < 4.78 is 42.3. The minimum Gasteiger partial charge on any atom is -0.392 e. The summed E-state index contributed by atoms with van der Waals surface area (Å²) in [5.41, 5.74) is 1.14. The number of thioether (sulfide) groups is 1. The molecule has 0 amide bonds. The van der Waals surface area contributed by atoms with Gasteiger partial charge in [0.05, 0.1) is 32.3 Å². The lowest BCUT2D eigenvalue weighted by atomic mass is 9.96. The largest absolute Gasteiger partial charge is 0.394 e. The average molecular weight is 448 g/mol. The predicted octanol–water partition coefficient (Wildman–Crippen LogP) is 5.62. The number of allylic oxidation sites excluding steroid dienone is 4. The second-order valence-corrected chi connectivity index (χ2v) is 9.63. The van der Waals surface area contributed by atoms with Gasteiger partial charge in [0.15, 0.2) is 0 Å². The molecule has 0 aromatic carbocycles. The van der Waals surface area contributed by atoms with E-state index in [1.54, 1.807) is 11.8 Å². The van der Waals surface area contributed by atoms with Gasteiger partial charge in [-0.1, -0.05) is 25.2 Å². The van der Waals surface area contributed by atoms with Crippen LogP contribution in [0.1, 0.15) is 26.2 Å². The van der Waals surface area contributed by atoms with Gasteiger partial charge in [-0.05, 0) is 42.9 Å². The minimum atomic E-state index is -4.37. The molecule has 5 atom stereocenters. The smallest absolute Gasteiger partial charge is 0.392 e. The standard InChI is InChI=1S/C17H22Cl2F3NOS2/c1-2-12(17(20,21)22)14(24)7-8-23-26-15-9-13(19)16(25-15)10-3-5-11(18)6-4-10/h3-5,9,11-14,16,23-24H,2,6-8H2,1H3. The van der Waals surface area contributed by atoms with E-state index in [0.29, 0.717) is 0 Å². The van der Waals surface area contributed by atoms with Gasteiger partial charge in [0.25, 0.3) is 0 Å². The molecular weight excluding hydrogens is 426 g/mol. The molecule has 2 rings (SSSR count). The molecule has 1 aliphatic heterocycles. The highest BCUT2D eigenvalue weighted by molar-refractivity contribution is 8.22. The molecule has 2 aliphatic rings. The topological polar surface area (TPSA) is 32.3 Å². The molecule has 0 saturated carbocycles. The molecule has 0 aromatic rings. The lowest BCUT2D eigenvalue weighted by molar-refractivity contribution is -0.201. The van der Waals surface area contributed by atoms with Crippen LogP contribution in [0.25, 0.3) is 0 Å². The van der Waals surface area contributed by atoms with E-state index in [0.717, 1.165) is 16.2 Å². The molecule has 0 saturated heterocycles. The zero-order valence-electron chi connectivity index (χ0n) is 14.2. The zero-order valence-corrected chi connectivity index (χ0v) is 17.3. The fourth-order valence-electron chi connectivity index (χ4n) is 2.83. The van der Waals surface area contributed by atoms with Gasteiger partial charge in [-0.15, -0.1) is 35.0 Å². The Kier molecular flexibility index (Phi) is 8.76. The first kappa shape index (κ1) is 22.5.